The summed E-state index contributed by atoms with van der Waals surface area (Å²) < 4.78 is 7.15. The van der Waals surface area contributed by atoms with Crippen molar-refractivity contribution in [3.8, 4) is 11.3 Å². The zero-order valence-corrected chi connectivity index (χ0v) is 19.3. The second-order valence-electron chi connectivity index (χ2n) is 8.71. The predicted molar refractivity (Wildman–Crippen MR) is 126 cm³/mol. The van der Waals surface area contributed by atoms with Crippen LogP contribution in [0.5, 0.6) is 0 Å². The number of hydrogen-bond donors (Lipinski definition) is 1. The van der Waals surface area contributed by atoms with Crippen molar-refractivity contribution in [2.45, 2.75) is 45.2 Å². The zero-order valence-electron chi connectivity index (χ0n) is 19.3. The molecule has 170 valence electrons. The summed E-state index contributed by atoms with van der Waals surface area (Å²) in [5.41, 5.74) is 4.37. The van der Waals surface area contributed by atoms with Crippen LogP contribution in [0.15, 0.2) is 36.5 Å². The van der Waals surface area contributed by atoms with Crippen molar-refractivity contribution >= 4 is 16.9 Å². The first-order valence-corrected chi connectivity index (χ1v) is 11.5. The minimum atomic E-state index is -0.0750. The van der Waals surface area contributed by atoms with Crippen LogP contribution in [-0.2, 0) is 18.3 Å². The van der Waals surface area contributed by atoms with Gasteiger partial charge in [-0.15, -0.1) is 0 Å². The third-order valence-electron chi connectivity index (χ3n) is 6.07. The number of carbonyl (C=O) groups excluding carboxylic acids is 1. The fourth-order valence-corrected chi connectivity index (χ4v) is 4.20. The molecule has 2 aromatic heterocycles. The van der Waals surface area contributed by atoms with Crippen molar-refractivity contribution in [2.24, 2.45) is 7.05 Å². The smallest absolute Gasteiger partial charge is 0.252 e. The van der Waals surface area contributed by atoms with Gasteiger partial charge in [-0.25, -0.2) is 4.98 Å². The Morgan fingerprint density at radius 1 is 1.28 bits per heavy atom. The summed E-state index contributed by atoms with van der Waals surface area (Å²) in [7, 11) is 4.01. The van der Waals surface area contributed by atoms with E-state index in [4.69, 9.17) is 9.72 Å². The fraction of sp³-hybridized carbons (Fsp3) is 0.480. The first kappa shape index (κ1) is 22.4. The highest BCUT2D eigenvalue weighted by Crippen LogP contribution is 2.26. The predicted octanol–water partition coefficient (Wildman–Crippen LogP) is 3.78. The molecule has 0 saturated carbocycles. The Balaban J connectivity index is 1.64. The van der Waals surface area contributed by atoms with Crippen LogP contribution >= 0.6 is 0 Å². The van der Waals surface area contributed by atoms with Gasteiger partial charge in [0.2, 0.25) is 0 Å². The number of hydrogen-bond acceptors (Lipinski definition) is 5. The molecule has 1 aliphatic rings. The molecule has 1 fully saturated rings. The van der Waals surface area contributed by atoms with E-state index in [1.165, 1.54) is 18.4 Å². The van der Waals surface area contributed by atoms with Crippen molar-refractivity contribution in [3.05, 3.63) is 47.7 Å². The number of pyridine rings is 1. The van der Waals surface area contributed by atoms with E-state index in [2.05, 4.69) is 53.6 Å². The van der Waals surface area contributed by atoms with Crippen molar-refractivity contribution in [1.82, 2.24) is 25.0 Å². The molecule has 1 aliphatic heterocycles. The van der Waals surface area contributed by atoms with Gasteiger partial charge in [0.25, 0.3) is 5.91 Å². The molecule has 3 aromatic rings. The minimum Gasteiger partial charge on any atom is -0.381 e. The Morgan fingerprint density at radius 2 is 2.09 bits per heavy atom. The number of ether oxygens (including phenoxy) is 1. The minimum absolute atomic E-state index is 0.0750. The average Bonchev–Trinajstić information content (AvgIpc) is 3.18. The van der Waals surface area contributed by atoms with Crippen LogP contribution in [0.3, 0.4) is 0 Å². The molecule has 7 heteroatoms. The van der Waals surface area contributed by atoms with Gasteiger partial charge in [-0.1, -0.05) is 31.5 Å². The van der Waals surface area contributed by atoms with Crippen LogP contribution in [0.1, 0.15) is 48.5 Å². The lowest BCUT2D eigenvalue weighted by Crippen LogP contribution is -2.39. The highest BCUT2D eigenvalue weighted by atomic mass is 16.5. The van der Waals surface area contributed by atoms with E-state index < -0.39 is 0 Å². The summed E-state index contributed by atoms with van der Waals surface area (Å²) in [6, 6.07) is 10.5. The number of nitrogens with zero attached hydrogens (tertiary/aromatic N) is 4. The largest absolute Gasteiger partial charge is 0.381 e. The standard InChI is InChI=1S/C25H33N5O2/c1-4-5-11-29(2)17-18-7-6-8-19(14-18)23-15-21(22-16-26-30(3)24(22)28-23)25(31)27-20-9-12-32-13-10-20/h6-8,14-16,20H,4-5,9-13,17H2,1-3H3,(H,27,31). The number of aromatic nitrogens is 3. The van der Waals surface area contributed by atoms with E-state index in [9.17, 15) is 4.79 Å². The molecule has 7 nitrogen and oxygen atoms in total. The van der Waals surface area contributed by atoms with E-state index in [0.717, 1.165) is 42.6 Å². The maximum atomic E-state index is 13.2. The first-order valence-electron chi connectivity index (χ1n) is 11.5. The number of rotatable bonds is 8. The van der Waals surface area contributed by atoms with Gasteiger partial charge in [-0.2, -0.15) is 5.10 Å². The first-order chi connectivity index (χ1) is 15.5. The number of amides is 1. The maximum Gasteiger partial charge on any atom is 0.252 e. The van der Waals surface area contributed by atoms with Gasteiger partial charge in [0, 0.05) is 38.4 Å². The van der Waals surface area contributed by atoms with Crippen LogP contribution in [0.4, 0.5) is 0 Å². The SMILES string of the molecule is CCCCN(C)Cc1cccc(-c2cc(C(=O)NC3CCOCC3)c3cnn(C)c3n2)c1. The molecule has 0 spiro atoms. The average molecular weight is 436 g/mol. The van der Waals surface area contributed by atoms with Gasteiger partial charge < -0.3 is 15.0 Å². The van der Waals surface area contributed by atoms with Crippen molar-refractivity contribution < 1.29 is 9.53 Å². The molecule has 1 saturated heterocycles. The quantitative estimate of drug-likeness (QED) is 0.583. The third-order valence-corrected chi connectivity index (χ3v) is 6.07. The lowest BCUT2D eigenvalue weighted by atomic mass is 10.0. The van der Waals surface area contributed by atoms with Gasteiger partial charge in [0.15, 0.2) is 5.65 Å². The Bertz CT molecular complexity index is 1070. The zero-order chi connectivity index (χ0) is 22.5. The number of carbonyl (C=O) groups is 1. The number of benzene rings is 1. The van der Waals surface area contributed by atoms with Gasteiger partial charge in [-0.05, 0) is 50.6 Å². The molecule has 1 aromatic carbocycles. The van der Waals surface area contributed by atoms with E-state index in [0.29, 0.717) is 24.4 Å². The summed E-state index contributed by atoms with van der Waals surface area (Å²) >= 11 is 0. The molecule has 3 heterocycles. The van der Waals surface area contributed by atoms with E-state index in [-0.39, 0.29) is 11.9 Å². The molecule has 1 amide bonds. The highest BCUT2D eigenvalue weighted by Gasteiger charge is 2.21. The Hall–Kier alpha value is -2.77. The van der Waals surface area contributed by atoms with Gasteiger partial charge in [0.1, 0.15) is 0 Å². The molecule has 0 bridgehead atoms. The highest BCUT2D eigenvalue weighted by molar-refractivity contribution is 6.06. The summed E-state index contributed by atoms with van der Waals surface area (Å²) in [5, 5.41) is 8.31. The van der Waals surface area contributed by atoms with Crippen LogP contribution in [-0.4, -0.2) is 58.4 Å². The monoisotopic (exact) mass is 435 g/mol. The van der Waals surface area contributed by atoms with Crippen molar-refractivity contribution in [2.75, 3.05) is 26.8 Å². The van der Waals surface area contributed by atoms with E-state index in [1.54, 1.807) is 10.9 Å². The lowest BCUT2D eigenvalue weighted by molar-refractivity contribution is 0.0697. The maximum absolute atomic E-state index is 13.2. The summed E-state index contributed by atoms with van der Waals surface area (Å²) in [6.45, 7) is 5.56. The van der Waals surface area contributed by atoms with E-state index >= 15 is 0 Å². The number of unbranched alkanes of at least 4 members (excludes halogenated alkanes) is 1. The molecular formula is C25H33N5O2. The van der Waals surface area contributed by atoms with Gasteiger partial charge >= 0.3 is 0 Å². The lowest BCUT2D eigenvalue weighted by Gasteiger charge is -2.23. The molecule has 0 atom stereocenters. The fourth-order valence-electron chi connectivity index (χ4n) is 4.20. The second kappa shape index (κ2) is 10.2. The molecule has 4 rings (SSSR count). The summed E-state index contributed by atoms with van der Waals surface area (Å²) in [6.07, 6.45) is 5.79. The number of nitrogens with one attached hydrogen (secondary N) is 1. The van der Waals surface area contributed by atoms with Crippen LogP contribution in [0.2, 0.25) is 0 Å². The van der Waals surface area contributed by atoms with Crippen LogP contribution < -0.4 is 5.32 Å². The molecular weight excluding hydrogens is 402 g/mol. The van der Waals surface area contributed by atoms with Crippen molar-refractivity contribution in [1.29, 1.82) is 0 Å². The van der Waals surface area contributed by atoms with Gasteiger partial charge in [0.05, 0.1) is 22.8 Å². The Labute approximate surface area is 189 Å². The normalized spacial score (nSPS) is 14.9. The second-order valence-corrected chi connectivity index (χ2v) is 8.71. The molecule has 32 heavy (non-hydrogen) atoms. The van der Waals surface area contributed by atoms with Crippen LogP contribution in [0, 0.1) is 0 Å². The number of aryl methyl sites for hydroxylation is 1. The van der Waals surface area contributed by atoms with Crippen molar-refractivity contribution in [3.63, 3.8) is 0 Å². The molecule has 0 aliphatic carbocycles. The van der Waals surface area contributed by atoms with E-state index in [1.807, 2.05) is 13.1 Å². The Kier molecular flexibility index (Phi) is 7.17. The molecule has 0 unspecified atom stereocenters. The van der Waals surface area contributed by atoms with Gasteiger partial charge in [-0.3, -0.25) is 9.48 Å². The number of fused-ring (bicyclic) bond motifs is 1. The molecule has 1 N–H and O–H groups in total. The van der Waals surface area contributed by atoms with Crippen LogP contribution in [0.25, 0.3) is 22.3 Å². The Morgan fingerprint density at radius 3 is 2.88 bits per heavy atom. The third kappa shape index (κ3) is 5.16. The molecule has 0 radical (unpaired) electrons. The summed E-state index contributed by atoms with van der Waals surface area (Å²) in [5.74, 6) is -0.0750. The topological polar surface area (TPSA) is 72.3 Å². The summed E-state index contributed by atoms with van der Waals surface area (Å²) in [4.78, 5) is 20.4.